The second kappa shape index (κ2) is 3.39. The summed E-state index contributed by atoms with van der Waals surface area (Å²) in [6, 6.07) is 11.0. The van der Waals surface area contributed by atoms with Crippen molar-refractivity contribution in [2.24, 2.45) is 5.41 Å². The summed E-state index contributed by atoms with van der Waals surface area (Å²) in [6.07, 6.45) is 0.400. The quantitative estimate of drug-likeness (QED) is 0.689. The Morgan fingerprint density at radius 2 is 2.20 bits per heavy atom. The van der Waals surface area contributed by atoms with Crippen LogP contribution in [-0.2, 0) is 4.74 Å². The minimum atomic E-state index is -0.468. The highest BCUT2D eigenvalue weighted by molar-refractivity contribution is 5.89. The molecule has 1 fully saturated rings. The van der Waals surface area contributed by atoms with E-state index in [0.717, 1.165) is 0 Å². The zero-order valence-corrected chi connectivity index (χ0v) is 8.43. The van der Waals surface area contributed by atoms with E-state index in [0.29, 0.717) is 12.0 Å². The summed E-state index contributed by atoms with van der Waals surface area (Å²) in [6.45, 7) is 1.80. The Bertz CT molecular complexity index is 421. The Labute approximate surface area is 88.3 Å². The van der Waals surface area contributed by atoms with Gasteiger partial charge in [0.15, 0.2) is 0 Å². The monoisotopic (exact) mass is 201 g/mol. The number of ether oxygens (including phenoxy) is 1. The van der Waals surface area contributed by atoms with Gasteiger partial charge in [-0.25, -0.2) is 4.79 Å². The van der Waals surface area contributed by atoms with Crippen LogP contribution in [0, 0.1) is 16.7 Å². The topological polar surface area (TPSA) is 50.1 Å². The molecule has 1 aliphatic carbocycles. The largest absolute Gasteiger partial charge is 0.457 e. The zero-order valence-electron chi connectivity index (χ0n) is 8.43. The molecule has 1 saturated carbocycles. The first-order valence-electron chi connectivity index (χ1n) is 4.83. The van der Waals surface area contributed by atoms with Crippen LogP contribution in [0.1, 0.15) is 23.7 Å². The van der Waals surface area contributed by atoms with Crippen LogP contribution in [0.15, 0.2) is 30.3 Å². The molecule has 76 valence electrons. The van der Waals surface area contributed by atoms with E-state index in [1.54, 1.807) is 31.2 Å². The molecule has 0 aliphatic heterocycles. The molecule has 2 atom stereocenters. The molecule has 3 heteroatoms. The van der Waals surface area contributed by atoms with Gasteiger partial charge in [-0.15, -0.1) is 0 Å². The first kappa shape index (κ1) is 9.72. The minimum Gasteiger partial charge on any atom is -0.457 e. The second-order valence-corrected chi connectivity index (χ2v) is 3.99. The third-order valence-corrected chi connectivity index (χ3v) is 2.67. The lowest BCUT2D eigenvalue weighted by molar-refractivity contribution is 0.0436. The Morgan fingerprint density at radius 3 is 2.73 bits per heavy atom. The molecule has 0 spiro atoms. The van der Waals surface area contributed by atoms with Crippen molar-refractivity contribution in [1.29, 1.82) is 5.26 Å². The lowest BCUT2D eigenvalue weighted by Gasteiger charge is -2.04. The van der Waals surface area contributed by atoms with Crippen molar-refractivity contribution in [2.75, 3.05) is 0 Å². The maximum absolute atomic E-state index is 11.6. The fraction of sp³-hybridized carbons (Fsp3) is 0.333. The van der Waals surface area contributed by atoms with E-state index < -0.39 is 5.41 Å². The van der Waals surface area contributed by atoms with Gasteiger partial charge in [-0.05, 0) is 19.1 Å². The predicted molar refractivity (Wildman–Crippen MR) is 54.0 cm³/mol. The molecule has 0 heterocycles. The van der Waals surface area contributed by atoms with Gasteiger partial charge in [0.1, 0.15) is 6.10 Å². The number of hydrogen-bond donors (Lipinski definition) is 0. The summed E-state index contributed by atoms with van der Waals surface area (Å²) < 4.78 is 5.19. The highest BCUT2D eigenvalue weighted by atomic mass is 16.5. The van der Waals surface area contributed by atoms with Gasteiger partial charge in [0.05, 0.1) is 17.0 Å². The van der Waals surface area contributed by atoms with Crippen LogP contribution in [0.3, 0.4) is 0 Å². The normalized spacial score (nSPS) is 27.9. The Morgan fingerprint density at radius 1 is 1.53 bits per heavy atom. The number of nitrogens with zero attached hydrogens (tertiary/aromatic N) is 1. The second-order valence-electron chi connectivity index (χ2n) is 3.99. The van der Waals surface area contributed by atoms with Gasteiger partial charge < -0.3 is 4.74 Å². The molecule has 0 radical (unpaired) electrons. The van der Waals surface area contributed by atoms with Crippen LogP contribution in [0.4, 0.5) is 0 Å². The maximum Gasteiger partial charge on any atom is 0.338 e. The van der Waals surface area contributed by atoms with E-state index in [4.69, 9.17) is 10.00 Å². The van der Waals surface area contributed by atoms with Crippen LogP contribution in [0.5, 0.6) is 0 Å². The Balaban J connectivity index is 1.99. The highest BCUT2D eigenvalue weighted by Crippen LogP contribution is 2.47. The summed E-state index contributed by atoms with van der Waals surface area (Å²) in [5.41, 5.74) is 0.0643. The number of nitriles is 1. The van der Waals surface area contributed by atoms with E-state index in [-0.39, 0.29) is 12.1 Å². The van der Waals surface area contributed by atoms with Gasteiger partial charge in [0.25, 0.3) is 0 Å². The number of carbonyl (C=O) groups is 1. The third-order valence-electron chi connectivity index (χ3n) is 2.67. The number of esters is 1. The molecule has 1 aliphatic rings. The van der Waals surface area contributed by atoms with Crippen LogP contribution in [0.25, 0.3) is 0 Å². The van der Waals surface area contributed by atoms with Crippen molar-refractivity contribution in [1.82, 2.24) is 0 Å². The third kappa shape index (κ3) is 1.84. The summed E-state index contributed by atoms with van der Waals surface area (Å²) in [7, 11) is 0. The van der Waals surface area contributed by atoms with Gasteiger partial charge >= 0.3 is 5.97 Å². The van der Waals surface area contributed by atoms with Crippen molar-refractivity contribution in [3.05, 3.63) is 35.9 Å². The van der Waals surface area contributed by atoms with Gasteiger partial charge in [0, 0.05) is 6.42 Å². The molecule has 1 aromatic rings. The fourth-order valence-corrected chi connectivity index (χ4v) is 1.39. The summed E-state index contributed by atoms with van der Waals surface area (Å²) in [5.74, 6) is -0.348. The lowest BCUT2D eigenvalue weighted by Crippen LogP contribution is -2.10. The number of carbonyl (C=O) groups excluding carboxylic acids is 1. The maximum atomic E-state index is 11.6. The van der Waals surface area contributed by atoms with Gasteiger partial charge in [-0.1, -0.05) is 18.2 Å². The van der Waals surface area contributed by atoms with Crippen molar-refractivity contribution in [2.45, 2.75) is 19.4 Å². The Kier molecular flexibility index (Phi) is 2.20. The average molecular weight is 201 g/mol. The van der Waals surface area contributed by atoms with E-state index in [9.17, 15) is 4.79 Å². The average Bonchev–Trinajstić information content (AvgIpc) is 2.91. The van der Waals surface area contributed by atoms with E-state index >= 15 is 0 Å². The first-order chi connectivity index (χ1) is 7.15. The van der Waals surface area contributed by atoms with E-state index in [2.05, 4.69) is 6.07 Å². The highest BCUT2D eigenvalue weighted by Gasteiger charge is 2.54. The molecule has 1 aromatic carbocycles. The minimum absolute atomic E-state index is 0.241. The number of rotatable bonds is 2. The zero-order chi connectivity index (χ0) is 10.9. The molecular weight excluding hydrogens is 190 g/mol. The Hall–Kier alpha value is -1.82. The fourth-order valence-electron chi connectivity index (χ4n) is 1.39. The SMILES string of the molecule is CC1(C#N)CC1OC(=O)c1ccccc1. The van der Waals surface area contributed by atoms with E-state index in [1.807, 2.05) is 6.07 Å². The van der Waals surface area contributed by atoms with Crippen LogP contribution < -0.4 is 0 Å². The molecular formula is C12H11NO2. The number of hydrogen-bond acceptors (Lipinski definition) is 3. The predicted octanol–water partition coefficient (Wildman–Crippen LogP) is 2.15. The smallest absolute Gasteiger partial charge is 0.338 e. The van der Waals surface area contributed by atoms with Crippen LogP contribution >= 0.6 is 0 Å². The molecule has 0 aromatic heterocycles. The summed E-state index contributed by atoms with van der Waals surface area (Å²) >= 11 is 0. The van der Waals surface area contributed by atoms with Gasteiger partial charge in [0.2, 0.25) is 0 Å². The van der Waals surface area contributed by atoms with Gasteiger partial charge in [-0.2, -0.15) is 5.26 Å². The van der Waals surface area contributed by atoms with Crippen molar-refractivity contribution < 1.29 is 9.53 Å². The van der Waals surface area contributed by atoms with Crippen LogP contribution in [0.2, 0.25) is 0 Å². The molecule has 0 amide bonds. The van der Waals surface area contributed by atoms with Crippen molar-refractivity contribution >= 4 is 5.97 Å². The van der Waals surface area contributed by atoms with Crippen molar-refractivity contribution in [3.63, 3.8) is 0 Å². The number of benzene rings is 1. The first-order valence-corrected chi connectivity index (χ1v) is 4.83. The molecule has 0 bridgehead atoms. The molecule has 3 nitrogen and oxygen atoms in total. The standard InChI is InChI=1S/C12H11NO2/c1-12(8-13)7-10(12)15-11(14)9-5-3-2-4-6-9/h2-6,10H,7H2,1H3. The van der Waals surface area contributed by atoms with Crippen molar-refractivity contribution in [3.8, 4) is 6.07 Å². The lowest BCUT2D eigenvalue weighted by atomic mass is 10.2. The summed E-state index contributed by atoms with van der Waals surface area (Å²) in [5, 5.41) is 8.78. The van der Waals surface area contributed by atoms with Crippen LogP contribution in [-0.4, -0.2) is 12.1 Å². The van der Waals surface area contributed by atoms with E-state index in [1.165, 1.54) is 0 Å². The molecule has 0 saturated heterocycles. The molecule has 15 heavy (non-hydrogen) atoms. The molecule has 2 rings (SSSR count). The summed E-state index contributed by atoms with van der Waals surface area (Å²) in [4.78, 5) is 11.6. The molecule has 0 N–H and O–H groups in total. The molecule has 2 unspecified atom stereocenters. The van der Waals surface area contributed by atoms with Gasteiger partial charge in [-0.3, -0.25) is 0 Å².